The molecule has 3 aromatic rings. The maximum absolute atomic E-state index is 12.5. The van der Waals surface area contributed by atoms with E-state index in [1.54, 1.807) is 24.3 Å². The molecular formula is C17H10BrNO2. The van der Waals surface area contributed by atoms with Gasteiger partial charge in [-0.2, -0.15) is 5.26 Å². The molecule has 0 aliphatic rings. The number of carbonyl (C=O) groups excluding carboxylic acids is 1. The van der Waals surface area contributed by atoms with Crippen LogP contribution in [0.2, 0.25) is 0 Å². The van der Waals surface area contributed by atoms with Crippen LogP contribution in [0.3, 0.4) is 0 Å². The fraction of sp³-hybridized carbons (Fsp3) is 0.0588. The molecule has 21 heavy (non-hydrogen) atoms. The summed E-state index contributed by atoms with van der Waals surface area (Å²) in [5.41, 5.74) is 2.54. The van der Waals surface area contributed by atoms with Crippen LogP contribution in [-0.4, -0.2) is 5.78 Å². The molecule has 102 valence electrons. The highest BCUT2D eigenvalue weighted by Crippen LogP contribution is 2.29. The average Bonchev–Trinajstić information content (AvgIpc) is 2.83. The molecule has 0 bridgehead atoms. The van der Waals surface area contributed by atoms with E-state index in [0.717, 1.165) is 15.4 Å². The molecule has 0 radical (unpaired) electrons. The van der Waals surface area contributed by atoms with Gasteiger partial charge in [0.2, 0.25) is 5.78 Å². The van der Waals surface area contributed by atoms with Crippen LogP contribution in [0, 0.1) is 18.3 Å². The van der Waals surface area contributed by atoms with Gasteiger partial charge in [0, 0.05) is 21.0 Å². The summed E-state index contributed by atoms with van der Waals surface area (Å²) < 4.78 is 6.61. The lowest BCUT2D eigenvalue weighted by Crippen LogP contribution is -2.01. The van der Waals surface area contributed by atoms with Crippen LogP contribution in [0.25, 0.3) is 11.0 Å². The quantitative estimate of drug-likeness (QED) is 0.640. The smallest absolute Gasteiger partial charge is 0.228 e. The van der Waals surface area contributed by atoms with Gasteiger partial charge in [-0.3, -0.25) is 4.79 Å². The summed E-state index contributed by atoms with van der Waals surface area (Å²) in [6.07, 6.45) is 0. The zero-order valence-corrected chi connectivity index (χ0v) is 12.8. The average molecular weight is 340 g/mol. The van der Waals surface area contributed by atoms with E-state index >= 15 is 0 Å². The summed E-state index contributed by atoms with van der Waals surface area (Å²) >= 11 is 3.39. The molecule has 4 heteroatoms. The highest BCUT2D eigenvalue weighted by atomic mass is 79.9. The van der Waals surface area contributed by atoms with E-state index in [9.17, 15) is 4.79 Å². The number of halogens is 1. The third kappa shape index (κ3) is 2.37. The minimum absolute atomic E-state index is 0.177. The normalized spacial score (nSPS) is 10.5. The van der Waals surface area contributed by atoms with Crippen molar-refractivity contribution in [3.8, 4) is 6.07 Å². The SMILES string of the molecule is Cc1c(C(=O)c2ccc(C#N)cc2)oc2cc(Br)ccc12. The van der Waals surface area contributed by atoms with Crippen LogP contribution in [0.4, 0.5) is 0 Å². The highest BCUT2D eigenvalue weighted by molar-refractivity contribution is 9.10. The Morgan fingerprint density at radius 1 is 1.19 bits per heavy atom. The van der Waals surface area contributed by atoms with Gasteiger partial charge in [0.05, 0.1) is 11.6 Å². The van der Waals surface area contributed by atoms with Gasteiger partial charge in [0.1, 0.15) is 5.58 Å². The number of ketones is 1. The lowest BCUT2D eigenvalue weighted by Gasteiger charge is -1.99. The third-order valence-electron chi connectivity index (χ3n) is 3.38. The summed E-state index contributed by atoms with van der Waals surface area (Å²) in [5, 5.41) is 9.72. The van der Waals surface area contributed by atoms with Crippen LogP contribution in [0.1, 0.15) is 27.2 Å². The van der Waals surface area contributed by atoms with E-state index in [4.69, 9.17) is 9.68 Å². The van der Waals surface area contributed by atoms with Crippen LogP contribution < -0.4 is 0 Å². The van der Waals surface area contributed by atoms with E-state index in [-0.39, 0.29) is 5.78 Å². The molecule has 0 saturated carbocycles. The first kappa shape index (κ1) is 13.6. The minimum atomic E-state index is -0.177. The second kappa shape index (κ2) is 5.19. The monoisotopic (exact) mass is 339 g/mol. The van der Waals surface area contributed by atoms with Gasteiger partial charge in [-0.25, -0.2) is 0 Å². The van der Waals surface area contributed by atoms with Gasteiger partial charge in [0.15, 0.2) is 5.76 Å². The second-order valence-electron chi connectivity index (χ2n) is 4.71. The van der Waals surface area contributed by atoms with Crippen LogP contribution in [-0.2, 0) is 0 Å². The Hall–Kier alpha value is -2.38. The number of fused-ring (bicyclic) bond motifs is 1. The Balaban J connectivity index is 2.08. The molecule has 1 heterocycles. The maximum atomic E-state index is 12.5. The molecular weight excluding hydrogens is 330 g/mol. The molecule has 2 aromatic carbocycles. The molecule has 0 N–H and O–H groups in total. The van der Waals surface area contributed by atoms with Crippen molar-refractivity contribution in [3.05, 3.63) is 69.4 Å². The van der Waals surface area contributed by atoms with Crippen molar-refractivity contribution in [3.63, 3.8) is 0 Å². The summed E-state index contributed by atoms with van der Waals surface area (Å²) in [4.78, 5) is 12.5. The number of hydrogen-bond donors (Lipinski definition) is 0. The number of rotatable bonds is 2. The fourth-order valence-electron chi connectivity index (χ4n) is 2.24. The lowest BCUT2D eigenvalue weighted by atomic mass is 10.0. The first-order valence-electron chi connectivity index (χ1n) is 6.33. The Bertz CT molecular complexity index is 886. The van der Waals surface area contributed by atoms with E-state index < -0.39 is 0 Å². The molecule has 0 atom stereocenters. The number of carbonyl (C=O) groups is 1. The zero-order chi connectivity index (χ0) is 15.0. The lowest BCUT2D eigenvalue weighted by molar-refractivity contribution is 0.101. The Labute approximate surface area is 129 Å². The van der Waals surface area contributed by atoms with Gasteiger partial charge >= 0.3 is 0 Å². The van der Waals surface area contributed by atoms with Crippen LogP contribution in [0.5, 0.6) is 0 Å². The number of nitrogens with zero attached hydrogens (tertiary/aromatic N) is 1. The molecule has 0 saturated heterocycles. The standard InChI is InChI=1S/C17H10BrNO2/c1-10-14-7-6-13(18)8-15(14)21-17(10)16(20)12-4-2-11(9-19)3-5-12/h2-8H,1H3. The molecule has 0 unspecified atom stereocenters. The topological polar surface area (TPSA) is 54.0 Å². The third-order valence-corrected chi connectivity index (χ3v) is 3.88. The van der Waals surface area contributed by atoms with Crippen molar-refractivity contribution < 1.29 is 9.21 Å². The fourth-order valence-corrected chi connectivity index (χ4v) is 2.58. The largest absolute Gasteiger partial charge is 0.452 e. The Kier molecular flexibility index (Phi) is 3.36. The Morgan fingerprint density at radius 3 is 2.57 bits per heavy atom. The van der Waals surface area contributed by atoms with E-state index in [0.29, 0.717) is 22.5 Å². The second-order valence-corrected chi connectivity index (χ2v) is 5.63. The van der Waals surface area contributed by atoms with Crippen molar-refractivity contribution >= 4 is 32.7 Å². The van der Waals surface area contributed by atoms with Gasteiger partial charge in [-0.1, -0.05) is 15.9 Å². The first-order chi connectivity index (χ1) is 10.1. The van der Waals surface area contributed by atoms with Crippen molar-refractivity contribution in [2.45, 2.75) is 6.92 Å². The Morgan fingerprint density at radius 2 is 1.90 bits per heavy atom. The number of benzene rings is 2. The summed E-state index contributed by atoms with van der Waals surface area (Å²) in [5.74, 6) is 0.164. The maximum Gasteiger partial charge on any atom is 0.228 e. The van der Waals surface area contributed by atoms with E-state index in [1.165, 1.54) is 0 Å². The first-order valence-corrected chi connectivity index (χ1v) is 7.13. The highest BCUT2D eigenvalue weighted by Gasteiger charge is 2.19. The number of nitriles is 1. The molecule has 0 fully saturated rings. The van der Waals surface area contributed by atoms with Crippen molar-refractivity contribution in [2.24, 2.45) is 0 Å². The molecule has 0 amide bonds. The molecule has 1 aromatic heterocycles. The summed E-state index contributed by atoms with van der Waals surface area (Å²) in [6, 6.07) is 14.3. The predicted octanol–water partition coefficient (Wildman–Crippen LogP) is 4.61. The minimum Gasteiger partial charge on any atom is -0.452 e. The van der Waals surface area contributed by atoms with Gasteiger partial charge in [-0.05, 0) is 49.4 Å². The van der Waals surface area contributed by atoms with Gasteiger partial charge < -0.3 is 4.42 Å². The van der Waals surface area contributed by atoms with Gasteiger partial charge in [-0.15, -0.1) is 0 Å². The van der Waals surface area contributed by atoms with Crippen molar-refractivity contribution in [1.29, 1.82) is 5.26 Å². The molecule has 0 spiro atoms. The predicted molar refractivity (Wildman–Crippen MR) is 83.2 cm³/mol. The zero-order valence-electron chi connectivity index (χ0n) is 11.2. The van der Waals surface area contributed by atoms with E-state index in [1.807, 2.05) is 31.2 Å². The van der Waals surface area contributed by atoms with Crippen molar-refractivity contribution in [2.75, 3.05) is 0 Å². The van der Waals surface area contributed by atoms with E-state index in [2.05, 4.69) is 15.9 Å². The van der Waals surface area contributed by atoms with Crippen molar-refractivity contribution in [1.82, 2.24) is 0 Å². The summed E-state index contributed by atoms with van der Waals surface area (Å²) in [6.45, 7) is 1.87. The summed E-state index contributed by atoms with van der Waals surface area (Å²) in [7, 11) is 0. The van der Waals surface area contributed by atoms with Crippen LogP contribution >= 0.6 is 15.9 Å². The number of aryl methyl sites for hydroxylation is 1. The van der Waals surface area contributed by atoms with Gasteiger partial charge in [0.25, 0.3) is 0 Å². The number of hydrogen-bond acceptors (Lipinski definition) is 3. The molecule has 0 aliphatic carbocycles. The number of furan rings is 1. The van der Waals surface area contributed by atoms with Crippen LogP contribution in [0.15, 0.2) is 51.4 Å². The molecule has 0 aliphatic heterocycles. The molecule has 3 rings (SSSR count). The molecule has 3 nitrogen and oxygen atoms in total.